The second-order valence-electron chi connectivity index (χ2n) is 4.59. The summed E-state index contributed by atoms with van der Waals surface area (Å²) in [4.78, 5) is 0. The van der Waals surface area contributed by atoms with E-state index in [0.717, 1.165) is 28.7 Å². The number of ether oxygens (including phenoxy) is 1. The van der Waals surface area contributed by atoms with Gasteiger partial charge in [0.05, 0.1) is 19.3 Å². The van der Waals surface area contributed by atoms with Crippen molar-refractivity contribution < 1.29 is 4.74 Å². The first-order chi connectivity index (χ1) is 10.1. The van der Waals surface area contributed by atoms with Crippen molar-refractivity contribution in [2.45, 2.75) is 25.9 Å². The Bertz CT molecular complexity index is 617. The van der Waals surface area contributed by atoms with Crippen LogP contribution in [0.3, 0.4) is 0 Å². The molecular formula is C14H18BrClN4O. The molecule has 0 saturated carbocycles. The third-order valence-electron chi connectivity index (χ3n) is 3.21. The van der Waals surface area contributed by atoms with Gasteiger partial charge < -0.3 is 4.74 Å². The van der Waals surface area contributed by atoms with Crippen LogP contribution in [0.25, 0.3) is 0 Å². The molecule has 0 fully saturated rings. The number of hydrazine groups is 1. The Kier molecular flexibility index (Phi) is 5.64. The summed E-state index contributed by atoms with van der Waals surface area (Å²) in [5, 5.41) is 4.99. The van der Waals surface area contributed by atoms with Crippen molar-refractivity contribution in [2.75, 3.05) is 7.11 Å². The van der Waals surface area contributed by atoms with Crippen molar-refractivity contribution in [2.24, 2.45) is 5.84 Å². The first-order valence-corrected chi connectivity index (χ1v) is 7.80. The number of hydrogen-bond acceptors (Lipinski definition) is 4. The van der Waals surface area contributed by atoms with Crippen LogP contribution in [0.5, 0.6) is 5.75 Å². The zero-order valence-corrected chi connectivity index (χ0v) is 14.3. The summed E-state index contributed by atoms with van der Waals surface area (Å²) in [5.74, 6) is 6.46. The van der Waals surface area contributed by atoms with Gasteiger partial charge in [0.15, 0.2) is 5.75 Å². The topological polar surface area (TPSA) is 65.1 Å². The smallest absolute Gasteiger partial charge is 0.161 e. The Balaban J connectivity index is 2.52. The van der Waals surface area contributed by atoms with Crippen molar-refractivity contribution in [1.29, 1.82) is 0 Å². The normalized spacial score (nSPS) is 12.4. The molecule has 2 rings (SSSR count). The molecule has 2 aromatic rings. The lowest BCUT2D eigenvalue weighted by Crippen LogP contribution is -2.31. The maximum absolute atomic E-state index is 6.35. The molecule has 21 heavy (non-hydrogen) atoms. The number of nitrogens with one attached hydrogen (secondary N) is 1. The van der Waals surface area contributed by atoms with E-state index in [4.69, 9.17) is 22.2 Å². The van der Waals surface area contributed by atoms with Gasteiger partial charge in [-0.3, -0.25) is 10.5 Å². The number of methoxy groups -OCH3 is 1. The molecule has 0 aliphatic carbocycles. The van der Waals surface area contributed by atoms with Crippen molar-refractivity contribution >= 4 is 27.5 Å². The number of aryl methyl sites for hydroxylation is 1. The molecule has 1 aromatic carbocycles. The predicted molar refractivity (Wildman–Crippen MR) is 87.4 cm³/mol. The number of rotatable bonds is 6. The fourth-order valence-corrected chi connectivity index (χ4v) is 3.05. The van der Waals surface area contributed by atoms with Gasteiger partial charge in [-0.05, 0) is 24.1 Å². The number of nitrogens with two attached hydrogens (primary N) is 1. The molecule has 5 nitrogen and oxygen atoms in total. The summed E-state index contributed by atoms with van der Waals surface area (Å²) in [5.41, 5.74) is 4.55. The lowest BCUT2D eigenvalue weighted by atomic mass is 10.0. The Hall–Kier alpha value is -1.08. The van der Waals surface area contributed by atoms with Crippen LogP contribution in [0.15, 0.2) is 28.9 Å². The summed E-state index contributed by atoms with van der Waals surface area (Å²) in [7, 11) is 1.62. The Morgan fingerprint density at radius 2 is 2.29 bits per heavy atom. The van der Waals surface area contributed by atoms with Crippen LogP contribution in [-0.2, 0) is 6.54 Å². The molecule has 0 aliphatic rings. The van der Waals surface area contributed by atoms with E-state index in [0.29, 0.717) is 10.8 Å². The molecule has 0 bridgehead atoms. The third kappa shape index (κ3) is 3.40. The molecule has 7 heteroatoms. The Morgan fingerprint density at radius 1 is 1.52 bits per heavy atom. The lowest BCUT2D eigenvalue weighted by Gasteiger charge is -2.20. The molecule has 1 unspecified atom stereocenters. The minimum Gasteiger partial charge on any atom is -0.493 e. The van der Waals surface area contributed by atoms with Gasteiger partial charge >= 0.3 is 0 Å². The van der Waals surface area contributed by atoms with Gasteiger partial charge in [-0.15, -0.1) is 0 Å². The van der Waals surface area contributed by atoms with E-state index < -0.39 is 0 Å². The molecule has 0 saturated heterocycles. The molecule has 0 radical (unpaired) electrons. The van der Waals surface area contributed by atoms with Crippen LogP contribution in [0, 0.1) is 0 Å². The Morgan fingerprint density at radius 3 is 2.86 bits per heavy atom. The molecule has 0 spiro atoms. The van der Waals surface area contributed by atoms with Crippen LogP contribution >= 0.6 is 27.5 Å². The quantitative estimate of drug-likeness (QED) is 0.602. The summed E-state index contributed by atoms with van der Waals surface area (Å²) >= 11 is 9.75. The average molecular weight is 374 g/mol. The van der Waals surface area contributed by atoms with Gasteiger partial charge in [0, 0.05) is 16.0 Å². The van der Waals surface area contributed by atoms with Gasteiger partial charge in [0.2, 0.25) is 0 Å². The van der Waals surface area contributed by atoms with Crippen LogP contribution in [-0.4, -0.2) is 16.9 Å². The lowest BCUT2D eigenvalue weighted by molar-refractivity contribution is 0.398. The first kappa shape index (κ1) is 16.3. The van der Waals surface area contributed by atoms with E-state index in [2.05, 4.69) is 33.4 Å². The molecule has 1 heterocycles. The van der Waals surface area contributed by atoms with Crippen LogP contribution in [0.2, 0.25) is 5.02 Å². The number of aromatic nitrogens is 2. The van der Waals surface area contributed by atoms with Gasteiger partial charge in [0.1, 0.15) is 5.69 Å². The summed E-state index contributed by atoms with van der Waals surface area (Å²) in [6, 6.07) is 5.40. The van der Waals surface area contributed by atoms with E-state index >= 15 is 0 Å². The summed E-state index contributed by atoms with van der Waals surface area (Å²) < 4.78 is 8.22. The fourth-order valence-electron chi connectivity index (χ4n) is 2.27. The Labute approximate surface area is 137 Å². The second-order valence-corrected chi connectivity index (χ2v) is 5.91. The number of benzene rings is 1. The highest BCUT2D eigenvalue weighted by atomic mass is 79.9. The minimum absolute atomic E-state index is 0.297. The molecule has 0 aliphatic heterocycles. The van der Waals surface area contributed by atoms with Crippen LogP contribution in [0.4, 0.5) is 0 Å². The van der Waals surface area contributed by atoms with Crippen LogP contribution in [0.1, 0.15) is 30.6 Å². The highest BCUT2D eigenvalue weighted by Gasteiger charge is 2.24. The molecule has 1 atom stereocenters. The van der Waals surface area contributed by atoms with Gasteiger partial charge in [-0.2, -0.15) is 5.10 Å². The average Bonchev–Trinajstić information content (AvgIpc) is 2.85. The number of nitrogens with zero attached hydrogens (tertiary/aromatic N) is 2. The minimum atomic E-state index is -0.297. The molecule has 1 aromatic heterocycles. The fraction of sp³-hybridized carbons (Fsp3) is 0.357. The highest BCUT2D eigenvalue weighted by molar-refractivity contribution is 9.10. The predicted octanol–water partition coefficient (Wildman–Crippen LogP) is 3.27. The standard InChI is InChI=1S/C14H18BrClN4O/c1-3-6-20-14(12(21-2)8-18-20)13(19-17)10-5-4-9(15)7-11(10)16/h4-5,7-8,13,19H,3,6,17H2,1-2H3. The molecule has 3 N–H and O–H groups in total. The van der Waals surface area contributed by atoms with Crippen molar-refractivity contribution in [1.82, 2.24) is 15.2 Å². The second kappa shape index (κ2) is 7.26. The van der Waals surface area contributed by atoms with Crippen LogP contribution < -0.4 is 16.0 Å². The summed E-state index contributed by atoms with van der Waals surface area (Å²) in [6.07, 6.45) is 2.66. The van der Waals surface area contributed by atoms with Gasteiger partial charge in [0.25, 0.3) is 0 Å². The van der Waals surface area contributed by atoms with E-state index in [-0.39, 0.29) is 6.04 Å². The largest absolute Gasteiger partial charge is 0.493 e. The SMILES string of the molecule is CCCn1ncc(OC)c1C(NN)c1ccc(Br)cc1Cl. The molecule has 0 amide bonds. The maximum atomic E-state index is 6.35. The third-order valence-corrected chi connectivity index (χ3v) is 4.03. The van der Waals surface area contributed by atoms with Gasteiger partial charge in [-0.25, -0.2) is 5.43 Å². The van der Waals surface area contributed by atoms with Crippen molar-refractivity contribution in [3.8, 4) is 5.75 Å². The zero-order valence-electron chi connectivity index (χ0n) is 11.9. The van der Waals surface area contributed by atoms with Gasteiger partial charge in [-0.1, -0.05) is 40.5 Å². The number of halogens is 2. The van der Waals surface area contributed by atoms with Crippen molar-refractivity contribution in [3.05, 3.63) is 45.1 Å². The zero-order chi connectivity index (χ0) is 15.4. The van der Waals surface area contributed by atoms with E-state index in [1.54, 1.807) is 13.3 Å². The summed E-state index contributed by atoms with van der Waals surface area (Å²) in [6.45, 7) is 2.88. The number of hydrogen-bond donors (Lipinski definition) is 2. The first-order valence-electron chi connectivity index (χ1n) is 6.63. The molecule has 114 valence electrons. The van der Waals surface area contributed by atoms with E-state index in [1.807, 2.05) is 22.9 Å². The van der Waals surface area contributed by atoms with E-state index in [9.17, 15) is 0 Å². The van der Waals surface area contributed by atoms with E-state index in [1.165, 1.54) is 0 Å². The highest BCUT2D eigenvalue weighted by Crippen LogP contribution is 2.34. The van der Waals surface area contributed by atoms with Crippen molar-refractivity contribution in [3.63, 3.8) is 0 Å². The molecular weight excluding hydrogens is 356 g/mol. The monoisotopic (exact) mass is 372 g/mol. The maximum Gasteiger partial charge on any atom is 0.161 e.